The molecule has 8 heteroatoms. The van der Waals surface area contributed by atoms with Crippen molar-refractivity contribution >= 4 is 33.2 Å². The minimum absolute atomic E-state index is 0.142. The van der Waals surface area contributed by atoms with Crippen LogP contribution >= 0.6 is 11.6 Å². The van der Waals surface area contributed by atoms with E-state index >= 15 is 0 Å². The van der Waals surface area contributed by atoms with Crippen LogP contribution in [0, 0.1) is 5.82 Å². The number of rotatable bonds is 7. The maximum absolute atomic E-state index is 13.1. The summed E-state index contributed by atoms with van der Waals surface area (Å²) in [5.41, 5.74) is 2.39. The molecule has 5 nitrogen and oxygen atoms in total. The van der Waals surface area contributed by atoms with Crippen molar-refractivity contribution in [1.29, 1.82) is 0 Å². The molecule has 31 heavy (non-hydrogen) atoms. The Morgan fingerprint density at radius 1 is 1.00 bits per heavy atom. The second-order valence-corrected chi connectivity index (χ2v) is 9.53. The molecule has 0 spiro atoms. The number of benzene rings is 3. The minimum Gasteiger partial charge on any atom is -0.346 e. The molecule has 0 fully saturated rings. The van der Waals surface area contributed by atoms with Crippen molar-refractivity contribution < 1.29 is 17.6 Å². The topological polar surface area (TPSA) is 66.5 Å². The number of hydrogen-bond acceptors (Lipinski definition) is 3. The zero-order valence-electron chi connectivity index (χ0n) is 17.0. The molecule has 0 saturated carbocycles. The quantitative estimate of drug-likeness (QED) is 0.543. The summed E-state index contributed by atoms with van der Waals surface area (Å²) < 4.78 is 39.0. The van der Waals surface area contributed by atoms with Gasteiger partial charge in [-0.1, -0.05) is 35.9 Å². The number of nitrogens with zero attached hydrogens (tertiary/aromatic N) is 1. The van der Waals surface area contributed by atoms with Gasteiger partial charge in [0.05, 0.1) is 24.5 Å². The van der Waals surface area contributed by atoms with Gasteiger partial charge < -0.3 is 5.32 Å². The van der Waals surface area contributed by atoms with E-state index in [0.717, 1.165) is 17.4 Å². The Morgan fingerprint density at radius 3 is 2.13 bits per heavy atom. The molecular weight excluding hydrogens is 439 g/mol. The zero-order chi connectivity index (χ0) is 22.6. The smallest absolute Gasteiger partial charge is 0.251 e. The van der Waals surface area contributed by atoms with Crippen molar-refractivity contribution in [1.82, 2.24) is 5.32 Å². The fourth-order valence-electron chi connectivity index (χ4n) is 3.05. The lowest BCUT2D eigenvalue weighted by molar-refractivity contribution is 0.0940. The van der Waals surface area contributed by atoms with Gasteiger partial charge in [0.1, 0.15) is 5.82 Å². The molecule has 0 heterocycles. The molecule has 0 aliphatic carbocycles. The first kappa shape index (κ1) is 22.8. The van der Waals surface area contributed by atoms with Crippen molar-refractivity contribution in [2.45, 2.75) is 19.5 Å². The fraction of sp³-hybridized carbons (Fsp3) is 0.174. The summed E-state index contributed by atoms with van der Waals surface area (Å²) in [7, 11) is -3.55. The molecule has 1 atom stereocenters. The second-order valence-electron chi connectivity index (χ2n) is 7.19. The molecule has 1 amide bonds. The van der Waals surface area contributed by atoms with Gasteiger partial charge in [0.2, 0.25) is 10.0 Å². The number of amides is 1. The first-order valence-electron chi connectivity index (χ1n) is 9.52. The van der Waals surface area contributed by atoms with Gasteiger partial charge in [-0.25, -0.2) is 12.8 Å². The molecule has 1 N–H and O–H groups in total. The normalized spacial score (nSPS) is 12.3. The van der Waals surface area contributed by atoms with Crippen LogP contribution in [-0.2, 0) is 16.6 Å². The van der Waals surface area contributed by atoms with Crippen LogP contribution in [0.25, 0.3) is 0 Å². The average molecular weight is 461 g/mol. The summed E-state index contributed by atoms with van der Waals surface area (Å²) in [6, 6.07) is 18.9. The van der Waals surface area contributed by atoms with E-state index in [4.69, 9.17) is 11.6 Å². The van der Waals surface area contributed by atoms with Crippen molar-refractivity contribution in [3.05, 3.63) is 100 Å². The van der Waals surface area contributed by atoms with Gasteiger partial charge in [-0.2, -0.15) is 0 Å². The zero-order valence-corrected chi connectivity index (χ0v) is 18.6. The molecule has 3 rings (SSSR count). The van der Waals surface area contributed by atoms with Crippen molar-refractivity contribution in [2.75, 3.05) is 10.6 Å². The third kappa shape index (κ3) is 6.06. The molecule has 0 bridgehead atoms. The molecule has 0 aromatic heterocycles. The lowest BCUT2D eigenvalue weighted by Gasteiger charge is -2.23. The Kier molecular flexibility index (Phi) is 6.97. The number of carbonyl (C=O) groups is 1. The molecule has 0 radical (unpaired) electrons. The first-order valence-corrected chi connectivity index (χ1v) is 11.7. The number of sulfonamides is 1. The average Bonchev–Trinajstić information content (AvgIpc) is 2.73. The predicted octanol–water partition coefficient (Wildman–Crippen LogP) is 4.94. The Hall–Kier alpha value is -2.90. The molecule has 0 aliphatic heterocycles. The molecular formula is C23H22ClFN2O3S. The Balaban J connectivity index is 1.75. The van der Waals surface area contributed by atoms with Gasteiger partial charge in [-0.3, -0.25) is 9.10 Å². The number of anilines is 1. The van der Waals surface area contributed by atoms with Gasteiger partial charge in [0.15, 0.2) is 0 Å². The second kappa shape index (κ2) is 9.49. The van der Waals surface area contributed by atoms with Crippen LogP contribution in [0.4, 0.5) is 10.1 Å². The Bertz CT molecular complexity index is 1150. The van der Waals surface area contributed by atoms with Crippen LogP contribution < -0.4 is 9.62 Å². The first-order chi connectivity index (χ1) is 14.6. The van der Waals surface area contributed by atoms with Gasteiger partial charge in [0.25, 0.3) is 5.91 Å². The van der Waals surface area contributed by atoms with E-state index in [1.807, 2.05) is 0 Å². The summed E-state index contributed by atoms with van der Waals surface area (Å²) in [6.07, 6.45) is 1.13. The summed E-state index contributed by atoms with van der Waals surface area (Å²) >= 11 is 5.90. The van der Waals surface area contributed by atoms with Crippen LogP contribution in [-0.4, -0.2) is 20.6 Å². The van der Waals surface area contributed by atoms with Gasteiger partial charge >= 0.3 is 0 Å². The standard InChI is InChI=1S/C23H22ClFN2O3S/c1-16(18-5-11-21(25)12-6-18)26-23(28)19-7-13-22(14-8-19)27(31(2,29)30)15-17-3-9-20(24)10-4-17/h3-14,16H,15H2,1-2H3,(H,26,28)/t16-/m1/s1. The van der Waals surface area contributed by atoms with E-state index in [0.29, 0.717) is 16.3 Å². The van der Waals surface area contributed by atoms with Gasteiger partial charge in [-0.05, 0) is 66.6 Å². The van der Waals surface area contributed by atoms with Crippen LogP contribution in [0.5, 0.6) is 0 Å². The van der Waals surface area contributed by atoms with Crippen LogP contribution in [0.3, 0.4) is 0 Å². The van der Waals surface area contributed by atoms with Gasteiger partial charge in [0, 0.05) is 10.6 Å². The third-order valence-corrected chi connectivity index (χ3v) is 6.17. The van der Waals surface area contributed by atoms with Crippen LogP contribution in [0.15, 0.2) is 72.8 Å². The molecule has 0 aliphatic rings. The Labute approximate surface area is 186 Å². The van der Waals surface area contributed by atoms with Crippen molar-refractivity contribution in [3.63, 3.8) is 0 Å². The highest BCUT2D eigenvalue weighted by Crippen LogP contribution is 2.22. The monoisotopic (exact) mass is 460 g/mol. The number of nitrogens with one attached hydrogen (secondary N) is 1. The van der Waals surface area contributed by atoms with E-state index in [1.54, 1.807) is 67.6 Å². The van der Waals surface area contributed by atoms with E-state index in [1.165, 1.54) is 16.4 Å². The van der Waals surface area contributed by atoms with Crippen LogP contribution in [0.2, 0.25) is 5.02 Å². The molecule has 162 valence electrons. The van der Waals surface area contributed by atoms with E-state index in [2.05, 4.69) is 5.32 Å². The molecule has 3 aromatic carbocycles. The summed E-state index contributed by atoms with van der Waals surface area (Å²) in [5, 5.41) is 3.42. The predicted molar refractivity (Wildman–Crippen MR) is 121 cm³/mol. The molecule has 0 saturated heterocycles. The van der Waals surface area contributed by atoms with E-state index in [9.17, 15) is 17.6 Å². The highest BCUT2D eigenvalue weighted by Gasteiger charge is 2.19. The van der Waals surface area contributed by atoms with E-state index in [-0.39, 0.29) is 24.3 Å². The van der Waals surface area contributed by atoms with Gasteiger partial charge in [-0.15, -0.1) is 0 Å². The number of halogens is 2. The summed E-state index contributed by atoms with van der Waals surface area (Å²) in [5.74, 6) is -0.654. The Morgan fingerprint density at radius 2 is 1.58 bits per heavy atom. The third-order valence-electron chi connectivity index (χ3n) is 4.77. The van der Waals surface area contributed by atoms with Crippen molar-refractivity contribution in [2.24, 2.45) is 0 Å². The van der Waals surface area contributed by atoms with E-state index < -0.39 is 10.0 Å². The summed E-state index contributed by atoms with van der Waals surface area (Å²) in [6.45, 7) is 1.94. The lowest BCUT2D eigenvalue weighted by Crippen LogP contribution is -2.29. The highest BCUT2D eigenvalue weighted by atomic mass is 35.5. The minimum atomic E-state index is -3.55. The molecule has 3 aromatic rings. The maximum Gasteiger partial charge on any atom is 0.251 e. The molecule has 0 unspecified atom stereocenters. The number of hydrogen-bond donors (Lipinski definition) is 1. The maximum atomic E-state index is 13.1. The summed E-state index contributed by atoms with van der Waals surface area (Å²) in [4.78, 5) is 12.6. The SMILES string of the molecule is C[C@@H](NC(=O)c1ccc(N(Cc2ccc(Cl)cc2)S(C)(=O)=O)cc1)c1ccc(F)cc1. The lowest BCUT2D eigenvalue weighted by atomic mass is 10.1. The van der Waals surface area contributed by atoms with Crippen molar-refractivity contribution in [3.8, 4) is 0 Å². The highest BCUT2D eigenvalue weighted by molar-refractivity contribution is 7.92. The largest absolute Gasteiger partial charge is 0.346 e. The number of carbonyl (C=O) groups excluding carboxylic acids is 1. The van der Waals surface area contributed by atoms with Crippen LogP contribution in [0.1, 0.15) is 34.5 Å². The fourth-order valence-corrected chi connectivity index (χ4v) is 4.06.